The van der Waals surface area contributed by atoms with Gasteiger partial charge in [-0.05, 0) is 79.4 Å². The number of rotatable bonds is 9. The summed E-state index contributed by atoms with van der Waals surface area (Å²) in [5.74, 6) is 3.27. The van der Waals surface area contributed by atoms with Crippen molar-refractivity contribution in [3.63, 3.8) is 0 Å². The van der Waals surface area contributed by atoms with Gasteiger partial charge >= 0.3 is 0 Å². The Morgan fingerprint density at radius 2 is 1.72 bits per heavy atom. The van der Waals surface area contributed by atoms with Gasteiger partial charge in [-0.3, -0.25) is 4.79 Å². The predicted molar refractivity (Wildman–Crippen MR) is 158 cm³/mol. The minimum absolute atomic E-state index is 0.128. The highest BCUT2D eigenvalue weighted by Gasteiger charge is 2.18. The van der Waals surface area contributed by atoms with Gasteiger partial charge in [0, 0.05) is 27.1 Å². The fraction of sp³-hybridized carbons (Fsp3) is 0.200. The Kier molecular flexibility index (Phi) is 10.3. The first kappa shape index (κ1) is 27.7. The van der Waals surface area contributed by atoms with Crippen LogP contribution in [0.15, 0.2) is 68.6 Å². The van der Waals surface area contributed by atoms with Crippen molar-refractivity contribution < 1.29 is 14.3 Å². The molecule has 0 aromatic heterocycles. The predicted octanol–water partition coefficient (Wildman–Crippen LogP) is 8.11. The molecule has 4 rings (SSSR count). The number of hydrazone groups is 1. The zero-order valence-electron chi connectivity index (χ0n) is 18.7. The molecule has 0 unspecified atom stereocenters. The molecule has 36 heavy (non-hydrogen) atoms. The van der Waals surface area contributed by atoms with E-state index in [0.717, 1.165) is 20.1 Å². The standard InChI is InChI=1S/C25H20Br2Cl2N2O3S2/c26-20-9-15(10-21(27)24(20)34-13-17-1-4-18(28)11-22(17)29)12-30-31-23(32)14-33-19-5-2-16(3-6-19)25-35-7-8-36-25/h1-6,9-12,25H,7-8,13-14H2,(H,31,32)/b30-12-. The number of halogens is 4. The van der Waals surface area contributed by atoms with E-state index < -0.39 is 0 Å². The quantitative estimate of drug-likeness (QED) is 0.182. The molecule has 1 amide bonds. The molecule has 0 saturated carbocycles. The van der Waals surface area contributed by atoms with Crippen molar-refractivity contribution in [2.75, 3.05) is 18.1 Å². The smallest absolute Gasteiger partial charge is 0.277 e. The van der Waals surface area contributed by atoms with Crippen LogP contribution >= 0.6 is 78.6 Å². The Balaban J connectivity index is 1.26. The Hall–Kier alpha value is -1.36. The van der Waals surface area contributed by atoms with Gasteiger partial charge in [0.1, 0.15) is 18.1 Å². The third-order valence-electron chi connectivity index (χ3n) is 4.95. The second kappa shape index (κ2) is 13.4. The maximum Gasteiger partial charge on any atom is 0.277 e. The molecule has 5 nitrogen and oxygen atoms in total. The lowest BCUT2D eigenvalue weighted by Crippen LogP contribution is -2.24. The second-order valence-corrected chi connectivity index (χ2v) is 12.8. The molecule has 1 aliphatic heterocycles. The number of thioether (sulfide) groups is 2. The van der Waals surface area contributed by atoms with Gasteiger partial charge in [0.05, 0.1) is 19.7 Å². The van der Waals surface area contributed by atoms with Gasteiger partial charge < -0.3 is 9.47 Å². The third-order valence-corrected chi connectivity index (χ3v) is 9.82. The van der Waals surface area contributed by atoms with Crippen LogP contribution in [0, 0.1) is 0 Å². The van der Waals surface area contributed by atoms with E-state index in [0.29, 0.717) is 26.1 Å². The molecule has 188 valence electrons. The van der Waals surface area contributed by atoms with E-state index in [9.17, 15) is 4.79 Å². The molecule has 0 aliphatic carbocycles. The van der Waals surface area contributed by atoms with E-state index in [1.807, 2.05) is 53.9 Å². The van der Waals surface area contributed by atoms with Gasteiger partial charge in [0.2, 0.25) is 0 Å². The molecule has 3 aromatic carbocycles. The number of carbonyl (C=O) groups is 1. The molecule has 1 heterocycles. The SMILES string of the molecule is O=C(COc1ccc(C2SCCS2)cc1)N/N=C\c1cc(Br)c(OCc2ccc(Cl)cc2Cl)c(Br)c1. The minimum atomic E-state index is -0.352. The number of nitrogens with one attached hydrogen (secondary N) is 1. The zero-order valence-corrected chi connectivity index (χ0v) is 25.0. The molecule has 0 bridgehead atoms. The minimum Gasteiger partial charge on any atom is -0.486 e. The molecule has 0 spiro atoms. The highest BCUT2D eigenvalue weighted by molar-refractivity contribution is 9.11. The number of carbonyl (C=O) groups excluding carboxylic acids is 1. The number of nitrogens with zero attached hydrogens (tertiary/aromatic N) is 1. The number of benzene rings is 3. The lowest BCUT2D eigenvalue weighted by atomic mass is 10.2. The Bertz CT molecular complexity index is 1230. The number of hydrogen-bond acceptors (Lipinski definition) is 6. The van der Waals surface area contributed by atoms with Gasteiger partial charge in [0.25, 0.3) is 5.91 Å². The average molecular weight is 691 g/mol. The summed E-state index contributed by atoms with van der Waals surface area (Å²) >= 11 is 23.1. The van der Waals surface area contributed by atoms with Crippen molar-refractivity contribution >= 4 is 90.7 Å². The van der Waals surface area contributed by atoms with Crippen LogP contribution in [0.1, 0.15) is 21.3 Å². The zero-order chi connectivity index (χ0) is 25.5. The first-order valence-electron chi connectivity index (χ1n) is 10.7. The fourth-order valence-corrected chi connectivity index (χ4v) is 7.99. The molecular weight excluding hydrogens is 671 g/mol. The number of ether oxygens (including phenoxy) is 2. The van der Waals surface area contributed by atoms with Crippen LogP contribution in [-0.2, 0) is 11.4 Å². The molecular formula is C25H20Br2Cl2N2O3S2. The second-order valence-electron chi connectivity index (χ2n) is 7.56. The molecule has 1 N–H and O–H groups in total. The van der Waals surface area contributed by atoms with Crippen molar-refractivity contribution in [2.24, 2.45) is 5.10 Å². The van der Waals surface area contributed by atoms with Crippen LogP contribution in [-0.4, -0.2) is 30.2 Å². The molecule has 3 aromatic rings. The third kappa shape index (κ3) is 7.82. The molecule has 1 saturated heterocycles. The van der Waals surface area contributed by atoms with E-state index in [1.165, 1.54) is 17.1 Å². The molecule has 0 atom stereocenters. The molecule has 1 fully saturated rings. The monoisotopic (exact) mass is 688 g/mol. The summed E-state index contributed by atoms with van der Waals surface area (Å²) in [4.78, 5) is 12.1. The highest BCUT2D eigenvalue weighted by atomic mass is 79.9. The van der Waals surface area contributed by atoms with Gasteiger partial charge in [0.15, 0.2) is 6.61 Å². The molecule has 11 heteroatoms. The van der Waals surface area contributed by atoms with Crippen molar-refractivity contribution in [2.45, 2.75) is 11.2 Å². The molecule has 0 radical (unpaired) electrons. The van der Waals surface area contributed by atoms with Crippen LogP contribution in [0.3, 0.4) is 0 Å². The van der Waals surface area contributed by atoms with Crippen LogP contribution in [0.4, 0.5) is 0 Å². The van der Waals surface area contributed by atoms with E-state index in [1.54, 1.807) is 18.3 Å². The summed E-state index contributed by atoms with van der Waals surface area (Å²) in [6.07, 6.45) is 1.54. The highest BCUT2D eigenvalue weighted by Crippen LogP contribution is 2.45. The van der Waals surface area contributed by atoms with Gasteiger partial charge in [-0.1, -0.05) is 41.4 Å². The molecule has 1 aliphatic rings. The van der Waals surface area contributed by atoms with Gasteiger partial charge in [-0.2, -0.15) is 5.10 Å². The van der Waals surface area contributed by atoms with Crippen molar-refractivity contribution in [1.82, 2.24) is 5.43 Å². The first-order valence-corrected chi connectivity index (χ1v) is 15.2. The number of hydrogen-bond donors (Lipinski definition) is 1. The van der Waals surface area contributed by atoms with E-state index in [2.05, 4.69) is 54.5 Å². The average Bonchev–Trinajstić information content (AvgIpc) is 3.39. The summed E-state index contributed by atoms with van der Waals surface area (Å²) < 4.78 is 13.4. The Morgan fingerprint density at radius 1 is 1.03 bits per heavy atom. The lowest BCUT2D eigenvalue weighted by molar-refractivity contribution is -0.123. The van der Waals surface area contributed by atoms with E-state index >= 15 is 0 Å². The topological polar surface area (TPSA) is 59.9 Å². The lowest BCUT2D eigenvalue weighted by Gasteiger charge is -2.12. The largest absolute Gasteiger partial charge is 0.486 e. The van der Waals surface area contributed by atoms with Crippen LogP contribution in [0.5, 0.6) is 11.5 Å². The summed E-state index contributed by atoms with van der Waals surface area (Å²) in [6, 6.07) is 16.8. The Labute approximate surface area is 244 Å². The summed E-state index contributed by atoms with van der Waals surface area (Å²) in [5, 5.41) is 5.13. The van der Waals surface area contributed by atoms with Gasteiger partial charge in [-0.25, -0.2) is 5.43 Å². The van der Waals surface area contributed by atoms with Crippen LogP contribution in [0.25, 0.3) is 0 Å². The fourth-order valence-electron chi connectivity index (χ4n) is 3.21. The van der Waals surface area contributed by atoms with E-state index in [-0.39, 0.29) is 19.1 Å². The van der Waals surface area contributed by atoms with Crippen LogP contribution < -0.4 is 14.9 Å². The number of amides is 1. The Morgan fingerprint density at radius 3 is 2.39 bits per heavy atom. The van der Waals surface area contributed by atoms with Crippen molar-refractivity contribution in [3.8, 4) is 11.5 Å². The summed E-state index contributed by atoms with van der Waals surface area (Å²) in [7, 11) is 0. The summed E-state index contributed by atoms with van der Waals surface area (Å²) in [6.45, 7) is 0.148. The van der Waals surface area contributed by atoms with Crippen LogP contribution in [0.2, 0.25) is 10.0 Å². The van der Waals surface area contributed by atoms with Crippen molar-refractivity contribution in [1.29, 1.82) is 0 Å². The normalized spacial score (nSPS) is 13.8. The van der Waals surface area contributed by atoms with E-state index in [4.69, 9.17) is 32.7 Å². The summed E-state index contributed by atoms with van der Waals surface area (Å²) in [5.41, 5.74) is 5.32. The van der Waals surface area contributed by atoms with Gasteiger partial charge in [-0.15, -0.1) is 23.5 Å². The maximum absolute atomic E-state index is 12.1. The first-order chi connectivity index (χ1) is 17.4. The van der Waals surface area contributed by atoms with Crippen molar-refractivity contribution in [3.05, 3.63) is 90.3 Å². The maximum atomic E-state index is 12.1.